The van der Waals surface area contributed by atoms with Crippen LogP contribution in [-0.4, -0.2) is 19.1 Å². The van der Waals surface area contributed by atoms with Gasteiger partial charge in [-0.3, -0.25) is 0 Å². The molecule has 0 spiro atoms. The van der Waals surface area contributed by atoms with Gasteiger partial charge < -0.3 is 10.2 Å². The topological polar surface area (TPSA) is 15.3 Å². The van der Waals surface area contributed by atoms with Crippen molar-refractivity contribution in [2.45, 2.75) is 59.0 Å². The first-order valence-corrected chi connectivity index (χ1v) is 8.21. The molecule has 0 radical (unpaired) electrons. The van der Waals surface area contributed by atoms with Crippen molar-refractivity contribution < 1.29 is 0 Å². The number of hydrogen-bond acceptors (Lipinski definition) is 2. The van der Waals surface area contributed by atoms with Gasteiger partial charge >= 0.3 is 0 Å². The summed E-state index contributed by atoms with van der Waals surface area (Å²) in [6, 6.07) is 10.4. The van der Waals surface area contributed by atoms with Gasteiger partial charge in [-0.25, -0.2) is 0 Å². The van der Waals surface area contributed by atoms with Crippen LogP contribution in [0.25, 0.3) is 0 Å². The molecule has 0 aromatic heterocycles. The molecule has 0 amide bonds. The number of nitrogens with one attached hydrogen (secondary N) is 1. The van der Waals surface area contributed by atoms with E-state index < -0.39 is 0 Å². The summed E-state index contributed by atoms with van der Waals surface area (Å²) in [5, 5.41) is 3.55. The Morgan fingerprint density at radius 2 is 1.80 bits per heavy atom. The number of anilines is 1. The molecule has 1 unspecified atom stereocenters. The normalized spacial score (nSPS) is 16.4. The van der Waals surface area contributed by atoms with Crippen LogP contribution in [0.15, 0.2) is 24.3 Å². The molecule has 0 heterocycles. The molecule has 0 saturated heterocycles. The molecule has 1 saturated carbocycles. The van der Waals surface area contributed by atoms with Crippen molar-refractivity contribution in [3.8, 4) is 0 Å². The van der Waals surface area contributed by atoms with Crippen LogP contribution in [-0.2, 0) is 0 Å². The molecule has 1 aliphatic carbocycles. The predicted molar refractivity (Wildman–Crippen MR) is 88.4 cm³/mol. The fraction of sp³-hybridized carbons (Fsp3) is 0.667. The van der Waals surface area contributed by atoms with E-state index in [0.29, 0.717) is 6.04 Å². The maximum atomic E-state index is 3.55. The van der Waals surface area contributed by atoms with Gasteiger partial charge in [-0.05, 0) is 56.3 Å². The summed E-state index contributed by atoms with van der Waals surface area (Å²) in [4.78, 5) is 2.60. The highest BCUT2D eigenvalue weighted by atomic mass is 15.2. The molecule has 1 atom stereocenters. The minimum Gasteiger partial charge on any atom is -0.368 e. The van der Waals surface area contributed by atoms with E-state index >= 15 is 0 Å². The van der Waals surface area contributed by atoms with E-state index in [1.165, 1.54) is 37.1 Å². The molecule has 2 heteroatoms. The van der Waals surface area contributed by atoms with Crippen molar-refractivity contribution in [3.05, 3.63) is 29.8 Å². The van der Waals surface area contributed by atoms with Gasteiger partial charge in [-0.1, -0.05) is 32.9 Å². The van der Waals surface area contributed by atoms with E-state index in [-0.39, 0.29) is 0 Å². The van der Waals surface area contributed by atoms with Crippen LogP contribution in [0.5, 0.6) is 0 Å². The zero-order chi connectivity index (χ0) is 14.5. The Balaban J connectivity index is 2.02. The Kier molecular flexibility index (Phi) is 5.47. The first kappa shape index (κ1) is 15.4. The van der Waals surface area contributed by atoms with Crippen molar-refractivity contribution in [1.29, 1.82) is 0 Å². The predicted octanol–water partition coefficient (Wildman–Crippen LogP) is 4.37. The number of rotatable bonds is 8. The van der Waals surface area contributed by atoms with Gasteiger partial charge in [0.1, 0.15) is 0 Å². The van der Waals surface area contributed by atoms with Crippen LogP contribution in [0, 0.1) is 5.92 Å². The lowest BCUT2D eigenvalue weighted by Gasteiger charge is -2.27. The number of nitrogens with zero attached hydrogens (tertiary/aromatic N) is 1. The largest absolute Gasteiger partial charge is 0.368 e. The van der Waals surface area contributed by atoms with Crippen molar-refractivity contribution >= 4 is 5.69 Å². The highest BCUT2D eigenvalue weighted by Crippen LogP contribution is 2.32. The van der Waals surface area contributed by atoms with E-state index in [4.69, 9.17) is 0 Å². The second-order valence-corrected chi connectivity index (χ2v) is 6.54. The van der Waals surface area contributed by atoms with Crippen LogP contribution < -0.4 is 10.2 Å². The smallest absolute Gasteiger partial charge is 0.0369 e. The highest BCUT2D eigenvalue weighted by Gasteiger charge is 2.29. The van der Waals surface area contributed by atoms with Crippen LogP contribution in [0.3, 0.4) is 0 Å². The summed E-state index contributed by atoms with van der Waals surface area (Å²) in [6.45, 7) is 11.3. The first-order valence-electron chi connectivity index (χ1n) is 8.21. The molecular formula is C18H30N2. The molecule has 20 heavy (non-hydrogen) atoms. The quantitative estimate of drug-likeness (QED) is 0.757. The fourth-order valence-corrected chi connectivity index (χ4v) is 2.68. The molecule has 1 N–H and O–H groups in total. The third-order valence-corrected chi connectivity index (χ3v) is 3.97. The summed E-state index contributed by atoms with van der Waals surface area (Å²) in [6.07, 6.45) is 3.91. The van der Waals surface area contributed by atoms with Gasteiger partial charge in [0.15, 0.2) is 0 Å². The minimum atomic E-state index is 0.448. The molecule has 1 aromatic carbocycles. The van der Waals surface area contributed by atoms with E-state index in [9.17, 15) is 0 Å². The molecule has 1 aromatic rings. The summed E-state index contributed by atoms with van der Waals surface area (Å²) in [7, 11) is 0. The third kappa shape index (κ3) is 4.24. The Morgan fingerprint density at radius 3 is 2.30 bits per heavy atom. The van der Waals surface area contributed by atoms with E-state index in [1.54, 1.807) is 0 Å². The minimum absolute atomic E-state index is 0.448. The maximum absolute atomic E-state index is 3.55. The Bertz CT molecular complexity index is 392. The maximum Gasteiger partial charge on any atom is 0.0369 e. The molecule has 112 valence electrons. The Hall–Kier alpha value is -1.02. The molecular weight excluding hydrogens is 244 g/mol. The monoisotopic (exact) mass is 274 g/mol. The van der Waals surface area contributed by atoms with Crippen molar-refractivity contribution in [1.82, 2.24) is 5.32 Å². The van der Waals surface area contributed by atoms with Gasteiger partial charge in [0.05, 0.1) is 0 Å². The lowest BCUT2D eigenvalue weighted by atomic mass is 10.1. The van der Waals surface area contributed by atoms with Crippen molar-refractivity contribution in [2.24, 2.45) is 5.92 Å². The van der Waals surface area contributed by atoms with E-state index in [0.717, 1.165) is 18.5 Å². The highest BCUT2D eigenvalue weighted by molar-refractivity contribution is 5.50. The van der Waals surface area contributed by atoms with E-state index in [1.807, 2.05) is 0 Å². The van der Waals surface area contributed by atoms with Crippen LogP contribution in [0.2, 0.25) is 0 Å². The zero-order valence-corrected chi connectivity index (χ0v) is 13.5. The third-order valence-electron chi connectivity index (χ3n) is 3.97. The lowest BCUT2D eigenvalue weighted by molar-refractivity contribution is 0.570. The van der Waals surface area contributed by atoms with Crippen molar-refractivity contribution in [2.75, 3.05) is 18.0 Å². The summed E-state index contributed by atoms with van der Waals surface area (Å²) < 4.78 is 0. The molecule has 0 aliphatic heterocycles. The Labute approximate surface area is 124 Å². The molecule has 0 bridgehead atoms. The summed E-state index contributed by atoms with van der Waals surface area (Å²) in [5.74, 6) is 0.723. The number of hydrogen-bond donors (Lipinski definition) is 1. The standard InChI is InChI=1S/C18H30N2/c1-5-12-19-15(4)16-6-8-17(9-7-16)20(13-14(2)3)18-10-11-18/h6-9,14-15,18-19H,5,10-13H2,1-4H3. The lowest BCUT2D eigenvalue weighted by Crippen LogP contribution is -2.29. The van der Waals surface area contributed by atoms with Gasteiger partial charge in [0.2, 0.25) is 0 Å². The average molecular weight is 274 g/mol. The summed E-state index contributed by atoms with van der Waals surface area (Å²) in [5.41, 5.74) is 2.79. The van der Waals surface area contributed by atoms with Crippen LogP contribution >= 0.6 is 0 Å². The van der Waals surface area contributed by atoms with E-state index in [2.05, 4.69) is 62.2 Å². The molecule has 2 nitrogen and oxygen atoms in total. The first-order chi connectivity index (χ1) is 9.61. The number of benzene rings is 1. The van der Waals surface area contributed by atoms with Crippen molar-refractivity contribution in [3.63, 3.8) is 0 Å². The van der Waals surface area contributed by atoms with Gasteiger partial charge in [-0.15, -0.1) is 0 Å². The van der Waals surface area contributed by atoms with Crippen LogP contribution in [0.1, 0.15) is 58.6 Å². The average Bonchev–Trinajstić information content (AvgIpc) is 3.26. The Morgan fingerprint density at radius 1 is 1.15 bits per heavy atom. The SMILES string of the molecule is CCCNC(C)c1ccc(N(CC(C)C)C2CC2)cc1. The second-order valence-electron chi connectivity index (χ2n) is 6.54. The van der Waals surface area contributed by atoms with Gasteiger partial charge in [0.25, 0.3) is 0 Å². The summed E-state index contributed by atoms with van der Waals surface area (Å²) >= 11 is 0. The zero-order valence-electron chi connectivity index (χ0n) is 13.5. The molecule has 1 aliphatic rings. The fourth-order valence-electron chi connectivity index (χ4n) is 2.68. The molecule has 2 rings (SSSR count). The van der Waals surface area contributed by atoms with Gasteiger partial charge in [0, 0.05) is 24.3 Å². The molecule has 1 fully saturated rings. The van der Waals surface area contributed by atoms with Crippen LogP contribution in [0.4, 0.5) is 5.69 Å². The van der Waals surface area contributed by atoms with Gasteiger partial charge in [-0.2, -0.15) is 0 Å². The second kappa shape index (κ2) is 7.12.